The lowest BCUT2D eigenvalue weighted by Crippen LogP contribution is -2.28. The van der Waals surface area contributed by atoms with E-state index in [4.69, 9.17) is 18.9 Å². The molecule has 0 aromatic heterocycles. The van der Waals surface area contributed by atoms with Gasteiger partial charge in [0.05, 0.1) is 33.1 Å². The van der Waals surface area contributed by atoms with E-state index >= 15 is 0 Å². The molecule has 1 aromatic rings. The minimum Gasteiger partial charge on any atom is -0.492 e. The van der Waals surface area contributed by atoms with Crippen LogP contribution in [0.2, 0.25) is 0 Å². The Hall–Kier alpha value is -2.02. The number of aliphatic hydroxyl groups is 1. The van der Waals surface area contributed by atoms with Crippen molar-refractivity contribution in [2.75, 3.05) is 27.5 Å². The summed E-state index contributed by atoms with van der Waals surface area (Å²) in [6.45, 7) is -0.113. The van der Waals surface area contributed by atoms with Gasteiger partial charge in [0, 0.05) is 12.0 Å². The first-order valence-corrected chi connectivity index (χ1v) is 6.98. The number of carbonyl (C=O) groups excluding carboxylic acids is 1. The Balaban J connectivity index is 2.37. The van der Waals surface area contributed by atoms with Crippen molar-refractivity contribution in [3.05, 3.63) is 17.2 Å². The molecule has 1 heterocycles. The average molecular weight is 314 g/mol. The number of alkyl halides is 1. The van der Waals surface area contributed by atoms with Crippen LogP contribution >= 0.6 is 0 Å². The van der Waals surface area contributed by atoms with Crippen LogP contribution in [0.15, 0.2) is 6.07 Å². The van der Waals surface area contributed by atoms with Crippen molar-refractivity contribution in [1.29, 1.82) is 0 Å². The predicted molar refractivity (Wildman–Crippen MR) is 75.4 cm³/mol. The van der Waals surface area contributed by atoms with Gasteiger partial charge in [-0.1, -0.05) is 0 Å². The predicted octanol–water partition coefficient (Wildman–Crippen LogP) is 1.86. The van der Waals surface area contributed by atoms with E-state index in [-0.39, 0.29) is 12.0 Å². The maximum atomic E-state index is 12.1. The van der Waals surface area contributed by atoms with E-state index in [1.165, 1.54) is 20.3 Å². The van der Waals surface area contributed by atoms with Crippen molar-refractivity contribution in [2.45, 2.75) is 25.6 Å². The maximum Gasteiger partial charge on any atom is 0.341 e. The summed E-state index contributed by atoms with van der Waals surface area (Å²) in [6.07, 6.45) is -0.154. The second-order valence-corrected chi connectivity index (χ2v) is 4.78. The van der Waals surface area contributed by atoms with Gasteiger partial charge >= 0.3 is 5.97 Å². The molecule has 0 saturated heterocycles. The third-order valence-corrected chi connectivity index (χ3v) is 3.34. The van der Waals surface area contributed by atoms with Crippen molar-refractivity contribution in [1.82, 2.24) is 0 Å². The van der Waals surface area contributed by atoms with Crippen LogP contribution in [0, 0.1) is 0 Å². The van der Waals surface area contributed by atoms with E-state index in [0.29, 0.717) is 42.3 Å². The molecule has 0 saturated carbocycles. The third-order valence-electron chi connectivity index (χ3n) is 3.34. The van der Waals surface area contributed by atoms with Crippen LogP contribution < -0.4 is 14.2 Å². The Morgan fingerprint density at radius 2 is 2.05 bits per heavy atom. The van der Waals surface area contributed by atoms with Gasteiger partial charge in [0.2, 0.25) is 12.0 Å². The van der Waals surface area contributed by atoms with Crippen LogP contribution in [0.4, 0.5) is 4.39 Å². The molecule has 0 aliphatic carbocycles. The molecule has 1 atom stereocenters. The number of halogens is 1. The van der Waals surface area contributed by atoms with Crippen LogP contribution in [0.25, 0.3) is 0 Å². The number of aliphatic hydroxyl groups excluding tert-OH is 1. The number of cyclic esters (lactones) is 1. The minimum absolute atomic E-state index is 0.114. The Kier molecular flexibility index (Phi) is 5.43. The Morgan fingerprint density at radius 1 is 1.32 bits per heavy atom. The zero-order chi connectivity index (χ0) is 16.1. The van der Waals surface area contributed by atoms with Crippen LogP contribution in [-0.2, 0) is 11.2 Å². The van der Waals surface area contributed by atoms with Crippen molar-refractivity contribution in [2.24, 2.45) is 0 Å². The van der Waals surface area contributed by atoms with E-state index in [1.807, 2.05) is 0 Å². The maximum absolute atomic E-state index is 12.1. The molecule has 0 fully saturated rings. The Morgan fingerprint density at radius 3 is 2.68 bits per heavy atom. The highest BCUT2D eigenvalue weighted by Crippen LogP contribution is 2.44. The summed E-state index contributed by atoms with van der Waals surface area (Å²) in [5.74, 6) is 0.341. The summed E-state index contributed by atoms with van der Waals surface area (Å²) in [4.78, 5) is 11.9. The van der Waals surface area contributed by atoms with Gasteiger partial charge in [0.1, 0.15) is 0 Å². The molecule has 6 nitrogen and oxygen atoms in total. The SMILES string of the molecule is COc1c(OCCCCF)cc2c(c1OC)CC(O)OC2=O. The molecular weight excluding hydrogens is 295 g/mol. The lowest BCUT2D eigenvalue weighted by Gasteiger charge is -2.25. The normalized spacial score (nSPS) is 16.7. The van der Waals surface area contributed by atoms with Gasteiger partial charge in [0.25, 0.3) is 0 Å². The van der Waals surface area contributed by atoms with E-state index < -0.39 is 18.9 Å². The summed E-state index contributed by atoms with van der Waals surface area (Å²) in [6, 6.07) is 1.50. The highest BCUT2D eigenvalue weighted by atomic mass is 19.1. The molecule has 1 aliphatic rings. The smallest absolute Gasteiger partial charge is 0.341 e. The number of hydrogen-bond acceptors (Lipinski definition) is 6. The van der Waals surface area contributed by atoms with E-state index in [1.54, 1.807) is 0 Å². The standard InChI is InChI=1S/C15H19FO6/c1-19-13-9-8-12(17)22-15(18)10(9)7-11(14(13)20-2)21-6-4-3-5-16/h7,12,17H,3-6,8H2,1-2H3. The van der Waals surface area contributed by atoms with Gasteiger partial charge < -0.3 is 24.1 Å². The van der Waals surface area contributed by atoms with E-state index in [2.05, 4.69) is 0 Å². The molecule has 0 amide bonds. The fraction of sp³-hybridized carbons (Fsp3) is 0.533. The summed E-state index contributed by atoms with van der Waals surface area (Å²) < 4.78 is 33.1. The summed E-state index contributed by atoms with van der Waals surface area (Å²) in [7, 11) is 2.90. The zero-order valence-electron chi connectivity index (χ0n) is 12.6. The lowest BCUT2D eigenvalue weighted by molar-refractivity contribution is -0.0691. The second-order valence-electron chi connectivity index (χ2n) is 4.78. The molecule has 0 spiro atoms. The number of methoxy groups -OCH3 is 2. The van der Waals surface area contributed by atoms with Gasteiger partial charge in [0.15, 0.2) is 11.5 Å². The molecule has 22 heavy (non-hydrogen) atoms. The molecule has 2 rings (SSSR count). The molecule has 7 heteroatoms. The summed E-state index contributed by atoms with van der Waals surface area (Å²) in [5, 5.41) is 9.57. The number of fused-ring (bicyclic) bond motifs is 1. The largest absolute Gasteiger partial charge is 0.492 e. The van der Waals surface area contributed by atoms with Gasteiger partial charge in [-0.2, -0.15) is 0 Å². The van der Waals surface area contributed by atoms with Crippen molar-refractivity contribution in [3.8, 4) is 17.2 Å². The summed E-state index contributed by atoms with van der Waals surface area (Å²) >= 11 is 0. The second kappa shape index (κ2) is 7.31. The number of ether oxygens (including phenoxy) is 4. The van der Waals surface area contributed by atoms with Crippen LogP contribution in [-0.4, -0.2) is 44.9 Å². The summed E-state index contributed by atoms with van der Waals surface area (Å²) in [5.41, 5.74) is 0.780. The fourth-order valence-electron chi connectivity index (χ4n) is 2.34. The van der Waals surface area contributed by atoms with Gasteiger partial charge in [-0.3, -0.25) is 4.39 Å². The van der Waals surface area contributed by atoms with Crippen LogP contribution in [0.5, 0.6) is 17.2 Å². The van der Waals surface area contributed by atoms with Crippen LogP contribution in [0.3, 0.4) is 0 Å². The fourth-order valence-corrected chi connectivity index (χ4v) is 2.34. The monoisotopic (exact) mass is 314 g/mol. The molecule has 0 bridgehead atoms. The molecule has 1 unspecified atom stereocenters. The van der Waals surface area contributed by atoms with Crippen LogP contribution in [0.1, 0.15) is 28.8 Å². The number of esters is 1. The highest BCUT2D eigenvalue weighted by Gasteiger charge is 2.31. The number of rotatable bonds is 7. The van der Waals surface area contributed by atoms with Crippen molar-refractivity contribution >= 4 is 5.97 Å². The topological polar surface area (TPSA) is 74.2 Å². The van der Waals surface area contributed by atoms with Crippen molar-refractivity contribution in [3.63, 3.8) is 0 Å². The highest BCUT2D eigenvalue weighted by molar-refractivity contribution is 5.94. The number of carbonyl (C=O) groups is 1. The first kappa shape index (κ1) is 16.4. The third kappa shape index (κ3) is 3.24. The number of unbranched alkanes of at least 4 members (excludes halogenated alkanes) is 1. The average Bonchev–Trinajstić information content (AvgIpc) is 2.50. The van der Waals surface area contributed by atoms with Crippen molar-refractivity contribution < 1.29 is 33.2 Å². The molecule has 1 aliphatic heterocycles. The number of benzene rings is 1. The molecular formula is C15H19FO6. The van der Waals surface area contributed by atoms with Gasteiger partial charge in [-0.25, -0.2) is 4.79 Å². The number of hydrogen-bond donors (Lipinski definition) is 1. The first-order chi connectivity index (χ1) is 10.6. The van der Waals surface area contributed by atoms with E-state index in [9.17, 15) is 14.3 Å². The molecule has 1 N–H and O–H groups in total. The molecule has 1 aromatic carbocycles. The molecule has 122 valence electrons. The minimum atomic E-state index is -1.21. The lowest BCUT2D eigenvalue weighted by atomic mass is 9.99. The first-order valence-electron chi connectivity index (χ1n) is 6.98. The Bertz CT molecular complexity index is 545. The van der Waals surface area contributed by atoms with E-state index in [0.717, 1.165) is 0 Å². The quantitative estimate of drug-likeness (QED) is 0.612. The van der Waals surface area contributed by atoms with Gasteiger partial charge in [-0.05, 0) is 18.9 Å². The zero-order valence-corrected chi connectivity index (χ0v) is 12.6. The Labute approximate surface area is 127 Å². The van der Waals surface area contributed by atoms with Gasteiger partial charge in [-0.15, -0.1) is 0 Å². The molecule has 0 radical (unpaired) electrons.